The van der Waals surface area contributed by atoms with Crippen molar-refractivity contribution >= 4 is 22.0 Å². The third-order valence-electron chi connectivity index (χ3n) is 6.19. The number of halogens is 1. The normalized spacial score (nSPS) is 34.4. The number of rotatable bonds is 4. The van der Waals surface area contributed by atoms with Crippen molar-refractivity contribution in [3.63, 3.8) is 0 Å². The molecule has 0 aromatic heterocycles. The fourth-order valence-corrected chi connectivity index (χ4v) is 6.08. The SMILES string of the molecule is O=C(NCc1ccccc1Br)NCC12CC3CC(CC(C3)C1)C2. The van der Waals surface area contributed by atoms with Gasteiger partial charge in [-0.2, -0.15) is 0 Å². The van der Waals surface area contributed by atoms with E-state index in [2.05, 4.69) is 26.6 Å². The average Bonchev–Trinajstić information content (AvgIpc) is 2.51. The average molecular weight is 377 g/mol. The smallest absolute Gasteiger partial charge is 0.315 e. The highest BCUT2D eigenvalue weighted by Crippen LogP contribution is 2.59. The minimum absolute atomic E-state index is 0.0310. The molecule has 2 N–H and O–H groups in total. The Morgan fingerprint density at radius 1 is 1.04 bits per heavy atom. The van der Waals surface area contributed by atoms with Gasteiger partial charge in [-0.3, -0.25) is 0 Å². The molecule has 0 unspecified atom stereocenters. The second kappa shape index (κ2) is 6.12. The van der Waals surface area contributed by atoms with Gasteiger partial charge in [-0.1, -0.05) is 34.1 Å². The van der Waals surface area contributed by atoms with Crippen LogP contribution in [0.5, 0.6) is 0 Å². The molecule has 0 heterocycles. The van der Waals surface area contributed by atoms with Gasteiger partial charge >= 0.3 is 6.03 Å². The second-order valence-corrected chi connectivity index (χ2v) is 8.90. The van der Waals surface area contributed by atoms with Crippen LogP contribution in [0.15, 0.2) is 28.7 Å². The quantitative estimate of drug-likeness (QED) is 0.799. The summed E-state index contributed by atoms with van der Waals surface area (Å²) >= 11 is 3.52. The van der Waals surface area contributed by atoms with Gasteiger partial charge in [0.2, 0.25) is 0 Å². The molecule has 4 aliphatic carbocycles. The summed E-state index contributed by atoms with van der Waals surface area (Å²) in [5.41, 5.74) is 1.51. The van der Waals surface area contributed by atoms with Crippen LogP contribution in [-0.2, 0) is 6.54 Å². The lowest BCUT2D eigenvalue weighted by molar-refractivity contribution is -0.0498. The first-order valence-corrected chi connectivity index (χ1v) is 9.66. The molecule has 5 rings (SSSR count). The molecule has 0 spiro atoms. The molecule has 0 radical (unpaired) electrons. The number of nitrogens with one attached hydrogen (secondary N) is 2. The van der Waals surface area contributed by atoms with Crippen molar-refractivity contribution in [1.29, 1.82) is 0 Å². The molecule has 0 saturated heterocycles. The van der Waals surface area contributed by atoms with Crippen molar-refractivity contribution in [2.75, 3.05) is 6.54 Å². The molecule has 4 bridgehead atoms. The van der Waals surface area contributed by atoms with E-state index in [0.29, 0.717) is 12.0 Å². The lowest BCUT2D eigenvalue weighted by Gasteiger charge is -2.56. The molecule has 1 aromatic carbocycles. The second-order valence-electron chi connectivity index (χ2n) is 8.05. The molecule has 124 valence electrons. The Kier molecular flexibility index (Phi) is 4.12. The van der Waals surface area contributed by atoms with Gasteiger partial charge in [0.1, 0.15) is 0 Å². The standard InChI is InChI=1S/C19H25BrN2O/c20-17-4-2-1-3-16(17)11-21-18(23)22-12-19-8-13-5-14(9-19)7-15(6-13)10-19/h1-4,13-15H,5-12H2,(H2,21,22,23). The Morgan fingerprint density at radius 2 is 1.65 bits per heavy atom. The van der Waals surface area contributed by atoms with Gasteiger partial charge in [-0.25, -0.2) is 4.79 Å². The highest BCUT2D eigenvalue weighted by atomic mass is 79.9. The number of carbonyl (C=O) groups is 1. The zero-order valence-electron chi connectivity index (χ0n) is 13.5. The minimum Gasteiger partial charge on any atom is -0.338 e. The van der Waals surface area contributed by atoms with Crippen molar-refractivity contribution < 1.29 is 4.79 Å². The lowest BCUT2D eigenvalue weighted by atomic mass is 9.49. The van der Waals surface area contributed by atoms with Gasteiger partial charge in [0.05, 0.1) is 0 Å². The van der Waals surface area contributed by atoms with E-state index in [1.165, 1.54) is 38.5 Å². The first kappa shape index (κ1) is 15.5. The lowest BCUT2D eigenvalue weighted by Crippen LogP contribution is -2.52. The summed E-state index contributed by atoms with van der Waals surface area (Å²) in [6.45, 7) is 1.42. The van der Waals surface area contributed by atoms with Crippen LogP contribution in [0.25, 0.3) is 0 Å². The van der Waals surface area contributed by atoms with Crippen molar-refractivity contribution in [2.24, 2.45) is 23.2 Å². The molecule has 4 heteroatoms. The van der Waals surface area contributed by atoms with Crippen LogP contribution >= 0.6 is 15.9 Å². The maximum absolute atomic E-state index is 12.2. The van der Waals surface area contributed by atoms with Crippen LogP contribution in [0.1, 0.15) is 44.1 Å². The summed E-state index contributed by atoms with van der Waals surface area (Å²) in [5, 5.41) is 6.16. The number of amides is 2. The fourth-order valence-electron chi connectivity index (χ4n) is 5.65. The first-order valence-electron chi connectivity index (χ1n) is 8.87. The molecule has 2 amide bonds. The van der Waals surface area contributed by atoms with E-state index in [0.717, 1.165) is 34.3 Å². The van der Waals surface area contributed by atoms with Crippen molar-refractivity contribution in [3.8, 4) is 0 Å². The van der Waals surface area contributed by atoms with E-state index < -0.39 is 0 Å². The molecule has 4 aliphatic rings. The Balaban J connectivity index is 1.29. The number of benzene rings is 1. The molecule has 4 fully saturated rings. The number of carbonyl (C=O) groups excluding carboxylic acids is 1. The third kappa shape index (κ3) is 3.28. The Bertz CT molecular complexity index is 566. The maximum atomic E-state index is 12.2. The molecular weight excluding hydrogens is 352 g/mol. The van der Waals surface area contributed by atoms with Gasteiger partial charge < -0.3 is 10.6 Å². The Labute approximate surface area is 146 Å². The predicted molar refractivity (Wildman–Crippen MR) is 95.0 cm³/mol. The summed E-state index contributed by atoms with van der Waals surface area (Å²) in [7, 11) is 0. The largest absolute Gasteiger partial charge is 0.338 e. The molecule has 3 nitrogen and oxygen atoms in total. The maximum Gasteiger partial charge on any atom is 0.315 e. The summed E-state index contributed by atoms with van der Waals surface area (Å²) in [5.74, 6) is 2.81. The van der Waals surface area contributed by atoms with E-state index in [-0.39, 0.29) is 6.03 Å². The highest BCUT2D eigenvalue weighted by molar-refractivity contribution is 9.10. The van der Waals surface area contributed by atoms with Crippen LogP contribution in [0.2, 0.25) is 0 Å². The first-order chi connectivity index (χ1) is 11.1. The van der Waals surface area contributed by atoms with E-state index >= 15 is 0 Å². The predicted octanol–water partition coefficient (Wildman–Crippen LogP) is 4.46. The Hall–Kier alpha value is -1.03. The van der Waals surface area contributed by atoms with Gasteiger partial charge in [0, 0.05) is 17.6 Å². The molecule has 0 atom stereocenters. The van der Waals surface area contributed by atoms with Gasteiger partial charge in [0.25, 0.3) is 0 Å². The van der Waals surface area contributed by atoms with Crippen molar-refractivity contribution in [2.45, 2.75) is 45.1 Å². The fraction of sp³-hybridized carbons (Fsp3) is 0.632. The van der Waals surface area contributed by atoms with Gasteiger partial charge in [-0.15, -0.1) is 0 Å². The van der Waals surface area contributed by atoms with Gasteiger partial charge in [-0.05, 0) is 73.3 Å². The summed E-state index contributed by atoms with van der Waals surface area (Å²) in [6.07, 6.45) is 8.37. The van der Waals surface area contributed by atoms with Crippen LogP contribution in [-0.4, -0.2) is 12.6 Å². The molecular formula is C19H25BrN2O. The zero-order valence-corrected chi connectivity index (χ0v) is 15.1. The van der Waals surface area contributed by atoms with Crippen molar-refractivity contribution in [3.05, 3.63) is 34.3 Å². The van der Waals surface area contributed by atoms with E-state index in [9.17, 15) is 4.79 Å². The third-order valence-corrected chi connectivity index (χ3v) is 6.96. The number of urea groups is 1. The minimum atomic E-state index is -0.0310. The molecule has 0 aliphatic heterocycles. The van der Waals surface area contributed by atoms with Crippen molar-refractivity contribution in [1.82, 2.24) is 10.6 Å². The van der Waals surface area contributed by atoms with Crippen LogP contribution in [0.4, 0.5) is 4.79 Å². The summed E-state index contributed by atoms with van der Waals surface area (Å²) in [4.78, 5) is 12.2. The summed E-state index contributed by atoms with van der Waals surface area (Å²) in [6, 6.07) is 7.99. The van der Waals surface area contributed by atoms with E-state index in [4.69, 9.17) is 0 Å². The topological polar surface area (TPSA) is 41.1 Å². The Morgan fingerprint density at radius 3 is 2.26 bits per heavy atom. The van der Waals surface area contributed by atoms with Gasteiger partial charge in [0.15, 0.2) is 0 Å². The van der Waals surface area contributed by atoms with Crippen LogP contribution in [0.3, 0.4) is 0 Å². The molecule has 4 saturated carbocycles. The zero-order chi connectivity index (χ0) is 15.9. The van der Waals surface area contributed by atoms with Crippen LogP contribution < -0.4 is 10.6 Å². The van der Waals surface area contributed by atoms with E-state index in [1.54, 1.807) is 0 Å². The number of hydrogen-bond acceptors (Lipinski definition) is 1. The highest BCUT2D eigenvalue weighted by Gasteiger charge is 2.50. The summed E-state index contributed by atoms with van der Waals surface area (Å²) < 4.78 is 1.04. The molecule has 23 heavy (non-hydrogen) atoms. The molecule has 1 aromatic rings. The number of hydrogen-bond donors (Lipinski definition) is 2. The van der Waals surface area contributed by atoms with Crippen LogP contribution in [0, 0.1) is 23.2 Å². The van der Waals surface area contributed by atoms with E-state index in [1.807, 2.05) is 24.3 Å². The monoisotopic (exact) mass is 376 g/mol.